The van der Waals surface area contributed by atoms with Crippen molar-refractivity contribution in [3.8, 4) is 0 Å². The number of nitrogens with one attached hydrogen (secondary N) is 1. The van der Waals surface area contributed by atoms with Crippen LogP contribution in [0.2, 0.25) is 0 Å². The minimum atomic E-state index is 0.461. The number of anilines is 1. The van der Waals surface area contributed by atoms with E-state index in [0.717, 1.165) is 46.7 Å². The average Bonchev–Trinajstić information content (AvgIpc) is 2.99. The molecule has 2 fully saturated rings. The van der Waals surface area contributed by atoms with E-state index in [1.807, 2.05) is 6.07 Å². The lowest BCUT2D eigenvalue weighted by Crippen LogP contribution is -2.46. The Balaban J connectivity index is 1.97. The lowest BCUT2D eigenvalue weighted by molar-refractivity contribution is 0.126. The van der Waals surface area contributed by atoms with E-state index in [0.29, 0.717) is 6.04 Å². The fourth-order valence-corrected chi connectivity index (χ4v) is 5.09. The zero-order valence-corrected chi connectivity index (χ0v) is 15.4. The van der Waals surface area contributed by atoms with Gasteiger partial charge in [0.1, 0.15) is 0 Å². The topological polar surface area (TPSA) is 41.3 Å². The van der Waals surface area contributed by atoms with Crippen molar-refractivity contribution in [3.63, 3.8) is 0 Å². The van der Waals surface area contributed by atoms with Crippen LogP contribution in [0.15, 0.2) is 21.1 Å². The standard InChI is InChI=1S/C16H23Br2N3/c17-12-9-13(15(19)14(18)10-12)16(11-3-1-2-4-11)21-7-5-20-6-8-21/h9-11,16,20H,1-8,19H2/t16-/m0/s1. The van der Waals surface area contributed by atoms with E-state index in [1.165, 1.54) is 31.2 Å². The van der Waals surface area contributed by atoms with Gasteiger partial charge < -0.3 is 11.1 Å². The van der Waals surface area contributed by atoms with Crippen molar-refractivity contribution in [2.24, 2.45) is 5.92 Å². The molecule has 1 aromatic carbocycles. The monoisotopic (exact) mass is 415 g/mol. The highest BCUT2D eigenvalue weighted by Crippen LogP contribution is 2.43. The van der Waals surface area contributed by atoms with Gasteiger partial charge in [0.15, 0.2) is 0 Å². The highest BCUT2D eigenvalue weighted by Gasteiger charge is 2.33. The van der Waals surface area contributed by atoms with E-state index in [1.54, 1.807) is 0 Å². The van der Waals surface area contributed by atoms with Crippen LogP contribution in [0.3, 0.4) is 0 Å². The summed E-state index contributed by atoms with van der Waals surface area (Å²) in [6.07, 6.45) is 5.39. The van der Waals surface area contributed by atoms with Crippen LogP contribution >= 0.6 is 31.9 Å². The molecule has 0 spiro atoms. The molecule has 3 rings (SSSR count). The van der Waals surface area contributed by atoms with Gasteiger partial charge in [-0.15, -0.1) is 0 Å². The maximum absolute atomic E-state index is 6.42. The van der Waals surface area contributed by atoms with Crippen LogP contribution in [0.1, 0.15) is 37.3 Å². The number of nitrogens with two attached hydrogens (primary N) is 1. The molecule has 2 aliphatic rings. The summed E-state index contributed by atoms with van der Waals surface area (Å²) in [6.45, 7) is 4.39. The quantitative estimate of drug-likeness (QED) is 0.733. The smallest absolute Gasteiger partial charge is 0.0507 e. The summed E-state index contributed by atoms with van der Waals surface area (Å²) in [5.74, 6) is 0.742. The summed E-state index contributed by atoms with van der Waals surface area (Å²) in [7, 11) is 0. The lowest BCUT2D eigenvalue weighted by Gasteiger charge is -2.39. The molecule has 3 nitrogen and oxygen atoms in total. The number of rotatable bonds is 3. The second kappa shape index (κ2) is 6.99. The summed E-state index contributed by atoms with van der Waals surface area (Å²) >= 11 is 7.24. The zero-order chi connectivity index (χ0) is 14.8. The number of benzene rings is 1. The Hall–Kier alpha value is -0.100. The summed E-state index contributed by atoms with van der Waals surface area (Å²) in [6, 6.07) is 4.73. The first-order chi connectivity index (χ1) is 10.2. The summed E-state index contributed by atoms with van der Waals surface area (Å²) in [4.78, 5) is 2.64. The Morgan fingerprint density at radius 1 is 1.14 bits per heavy atom. The Morgan fingerprint density at radius 3 is 2.48 bits per heavy atom. The Labute approximate surface area is 143 Å². The van der Waals surface area contributed by atoms with Crippen LogP contribution in [0, 0.1) is 5.92 Å². The predicted molar refractivity (Wildman–Crippen MR) is 95.4 cm³/mol. The van der Waals surface area contributed by atoms with Crippen molar-refractivity contribution in [3.05, 3.63) is 26.6 Å². The number of hydrogen-bond acceptors (Lipinski definition) is 3. The third kappa shape index (κ3) is 3.46. The SMILES string of the molecule is Nc1c(Br)cc(Br)cc1[C@H](C1CCCC1)N1CCNCC1. The minimum Gasteiger partial charge on any atom is -0.398 e. The molecule has 1 aliphatic heterocycles. The fraction of sp³-hybridized carbons (Fsp3) is 0.625. The number of nitrogen functional groups attached to an aromatic ring is 1. The zero-order valence-electron chi connectivity index (χ0n) is 12.2. The molecule has 21 heavy (non-hydrogen) atoms. The number of hydrogen-bond donors (Lipinski definition) is 2. The van der Waals surface area contributed by atoms with Gasteiger partial charge in [-0.2, -0.15) is 0 Å². The second-order valence-corrected chi connectivity index (χ2v) is 7.94. The first-order valence-electron chi connectivity index (χ1n) is 7.86. The van der Waals surface area contributed by atoms with Crippen LogP contribution in [0.5, 0.6) is 0 Å². The van der Waals surface area contributed by atoms with Crippen molar-refractivity contribution in [1.29, 1.82) is 0 Å². The minimum absolute atomic E-state index is 0.461. The van der Waals surface area contributed by atoms with Gasteiger partial charge in [0.2, 0.25) is 0 Å². The molecule has 116 valence electrons. The van der Waals surface area contributed by atoms with E-state index in [9.17, 15) is 0 Å². The lowest BCUT2D eigenvalue weighted by atomic mass is 9.89. The van der Waals surface area contributed by atoms with Gasteiger partial charge in [0.25, 0.3) is 0 Å². The molecule has 1 aromatic rings. The van der Waals surface area contributed by atoms with E-state index < -0.39 is 0 Å². The molecule has 0 bridgehead atoms. The molecule has 0 radical (unpaired) electrons. The van der Waals surface area contributed by atoms with E-state index in [-0.39, 0.29) is 0 Å². The van der Waals surface area contributed by atoms with Crippen molar-refractivity contribution in [2.45, 2.75) is 31.7 Å². The summed E-state index contributed by atoms with van der Waals surface area (Å²) < 4.78 is 2.11. The molecule has 1 saturated carbocycles. The van der Waals surface area contributed by atoms with Gasteiger partial charge in [0, 0.05) is 41.2 Å². The molecule has 0 unspecified atom stereocenters. The maximum atomic E-state index is 6.42. The largest absolute Gasteiger partial charge is 0.398 e. The molecule has 5 heteroatoms. The predicted octanol–water partition coefficient (Wildman–Crippen LogP) is 3.93. The molecule has 3 N–H and O–H groups in total. The normalized spacial score (nSPS) is 22.6. The fourth-order valence-electron chi connectivity index (χ4n) is 3.83. The molecule has 1 saturated heterocycles. The maximum Gasteiger partial charge on any atom is 0.0507 e. The summed E-state index contributed by atoms with van der Waals surface area (Å²) in [5, 5.41) is 3.46. The third-order valence-corrected chi connectivity index (χ3v) is 5.95. The molecule has 0 amide bonds. The van der Waals surface area contributed by atoms with Gasteiger partial charge in [0.05, 0.1) is 5.69 Å². The van der Waals surface area contributed by atoms with Crippen molar-refractivity contribution < 1.29 is 0 Å². The second-order valence-electron chi connectivity index (χ2n) is 6.17. The molecule has 1 heterocycles. The third-order valence-electron chi connectivity index (χ3n) is 4.84. The molecule has 0 aromatic heterocycles. The Morgan fingerprint density at radius 2 is 1.81 bits per heavy atom. The van der Waals surface area contributed by atoms with E-state index in [4.69, 9.17) is 5.73 Å². The van der Waals surface area contributed by atoms with Gasteiger partial charge in [-0.1, -0.05) is 28.8 Å². The first-order valence-corrected chi connectivity index (χ1v) is 9.44. The number of halogens is 2. The highest BCUT2D eigenvalue weighted by molar-refractivity contribution is 9.11. The van der Waals surface area contributed by atoms with Crippen LogP contribution in [0.4, 0.5) is 5.69 Å². The molecule has 1 atom stereocenters. The highest BCUT2D eigenvalue weighted by atomic mass is 79.9. The molecule has 1 aliphatic carbocycles. The first kappa shape index (κ1) is 15.8. The van der Waals surface area contributed by atoms with E-state index >= 15 is 0 Å². The van der Waals surface area contributed by atoms with Crippen molar-refractivity contribution in [1.82, 2.24) is 10.2 Å². The van der Waals surface area contributed by atoms with Crippen molar-refractivity contribution in [2.75, 3.05) is 31.9 Å². The Bertz CT molecular complexity index is 495. The van der Waals surface area contributed by atoms with Gasteiger partial charge in [-0.05, 0) is 52.4 Å². The van der Waals surface area contributed by atoms with Gasteiger partial charge >= 0.3 is 0 Å². The van der Waals surface area contributed by atoms with Crippen LogP contribution in [-0.4, -0.2) is 31.1 Å². The Kier molecular flexibility index (Phi) is 5.25. The van der Waals surface area contributed by atoms with E-state index in [2.05, 4.69) is 48.1 Å². The molecular weight excluding hydrogens is 394 g/mol. The van der Waals surface area contributed by atoms with Crippen molar-refractivity contribution >= 4 is 37.5 Å². The number of piperazine rings is 1. The number of nitrogens with zero attached hydrogens (tertiary/aromatic N) is 1. The summed E-state index contributed by atoms with van der Waals surface area (Å²) in [5.41, 5.74) is 8.62. The van der Waals surface area contributed by atoms with Crippen LogP contribution < -0.4 is 11.1 Å². The van der Waals surface area contributed by atoms with Gasteiger partial charge in [-0.25, -0.2) is 0 Å². The van der Waals surface area contributed by atoms with Gasteiger partial charge in [-0.3, -0.25) is 4.90 Å². The molecular formula is C16H23Br2N3. The van der Waals surface area contributed by atoms with Crippen LogP contribution in [0.25, 0.3) is 0 Å². The van der Waals surface area contributed by atoms with Crippen LogP contribution in [-0.2, 0) is 0 Å². The average molecular weight is 417 g/mol.